The zero-order valence-electron chi connectivity index (χ0n) is 11.8. The number of benzene rings is 2. The highest BCUT2D eigenvalue weighted by Gasteiger charge is 2.15. The Morgan fingerprint density at radius 1 is 1.00 bits per heavy atom. The first kappa shape index (κ1) is 14.1. The van der Waals surface area contributed by atoms with E-state index in [0.29, 0.717) is 0 Å². The molecule has 0 radical (unpaired) electrons. The number of methoxy groups -OCH3 is 1. The molecule has 0 atom stereocenters. The lowest BCUT2D eigenvalue weighted by molar-refractivity contribution is 0.415. The fraction of sp³-hybridized carbons (Fsp3) is 0.294. The van der Waals surface area contributed by atoms with Crippen LogP contribution >= 0.6 is 15.9 Å². The van der Waals surface area contributed by atoms with E-state index in [1.54, 1.807) is 7.11 Å². The van der Waals surface area contributed by atoms with Crippen molar-refractivity contribution in [2.45, 2.75) is 26.2 Å². The van der Waals surface area contributed by atoms with E-state index in [4.69, 9.17) is 4.74 Å². The van der Waals surface area contributed by atoms with Gasteiger partial charge in [-0.3, -0.25) is 0 Å². The van der Waals surface area contributed by atoms with Gasteiger partial charge in [0.15, 0.2) is 0 Å². The van der Waals surface area contributed by atoms with Crippen molar-refractivity contribution in [2.75, 3.05) is 7.11 Å². The van der Waals surface area contributed by atoms with E-state index < -0.39 is 0 Å². The SMILES string of the molecule is COc1cccc(-c2ccc(C(C)(C)C)cc2Br)c1. The van der Waals surface area contributed by atoms with Gasteiger partial charge in [-0.2, -0.15) is 0 Å². The smallest absolute Gasteiger partial charge is 0.119 e. The standard InChI is InChI=1S/C17H19BrO/c1-17(2,3)13-8-9-15(16(18)11-13)12-6-5-7-14(10-12)19-4/h5-11H,1-4H3. The molecule has 0 unspecified atom stereocenters. The fourth-order valence-corrected chi connectivity index (χ4v) is 2.61. The molecule has 2 rings (SSSR count). The quantitative estimate of drug-likeness (QED) is 0.718. The highest BCUT2D eigenvalue weighted by Crippen LogP contribution is 2.34. The van der Waals surface area contributed by atoms with Crippen molar-refractivity contribution in [3.05, 3.63) is 52.5 Å². The van der Waals surface area contributed by atoms with Gasteiger partial charge in [0, 0.05) is 4.47 Å². The van der Waals surface area contributed by atoms with Crippen molar-refractivity contribution in [3.63, 3.8) is 0 Å². The van der Waals surface area contributed by atoms with Crippen LogP contribution in [-0.2, 0) is 5.41 Å². The van der Waals surface area contributed by atoms with Crippen LogP contribution in [0.3, 0.4) is 0 Å². The third-order valence-corrected chi connectivity index (χ3v) is 3.87. The van der Waals surface area contributed by atoms with Gasteiger partial charge < -0.3 is 4.74 Å². The van der Waals surface area contributed by atoms with E-state index in [0.717, 1.165) is 15.8 Å². The first-order valence-corrected chi connectivity index (χ1v) is 7.15. The predicted molar refractivity (Wildman–Crippen MR) is 84.8 cm³/mol. The van der Waals surface area contributed by atoms with Gasteiger partial charge >= 0.3 is 0 Å². The van der Waals surface area contributed by atoms with Crippen LogP contribution in [0.15, 0.2) is 46.9 Å². The summed E-state index contributed by atoms with van der Waals surface area (Å²) in [5, 5.41) is 0. The maximum absolute atomic E-state index is 5.28. The minimum absolute atomic E-state index is 0.162. The second kappa shape index (κ2) is 5.38. The molecule has 2 aromatic rings. The molecule has 1 nitrogen and oxygen atoms in total. The molecule has 2 aromatic carbocycles. The lowest BCUT2D eigenvalue weighted by Crippen LogP contribution is -2.10. The molecule has 0 spiro atoms. The summed E-state index contributed by atoms with van der Waals surface area (Å²) in [6.07, 6.45) is 0. The van der Waals surface area contributed by atoms with Crippen LogP contribution in [-0.4, -0.2) is 7.11 Å². The van der Waals surface area contributed by atoms with Crippen LogP contribution < -0.4 is 4.74 Å². The molecule has 0 heterocycles. The average Bonchev–Trinajstić information content (AvgIpc) is 2.37. The Balaban J connectivity index is 2.46. The molecule has 2 heteroatoms. The molecule has 0 fully saturated rings. The summed E-state index contributed by atoms with van der Waals surface area (Å²) < 4.78 is 6.40. The molecular formula is C17H19BrO. The van der Waals surface area contributed by atoms with Gasteiger partial charge in [-0.25, -0.2) is 0 Å². The minimum atomic E-state index is 0.162. The Morgan fingerprint density at radius 2 is 1.74 bits per heavy atom. The van der Waals surface area contributed by atoms with Gasteiger partial charge in [-0.05, 0) is 40.3 Å². The Bertz CT molecular complexity index is 582. The highest BCUT2D eigenvalue weighted by molar-refractivity contribution is 9.10. The average molecular weight is 319 g/mol. The molecule has 0 aromatic heterocycles. The molecular weight excluding hydrogens is 300 g/mol. The molecule has 19 heavy (non-hydrogen) atoms. The van der Waals surface area contributed by atoms with Crippen LogP contribution in [0.4, 0.5) is 0 Å². The van der Waals surface area contributed by atoms with E-state index in [-0.39, 0.29) is 5.41 Å². The predicted octanol–water partition coefficient (Wildman–Crippen LogP) is 5.42. The largest absolute Gasteiger partial charge is 0.497 e. The highest BCUT2D eigenvalue weighted by atomic mass is 79.9. The van der Waals surface area contributed by atoms with Crippen molar-refractivity contribution >= 4 is 15.9 Å². The van der Waals surface area contributed by atoms with E-state index in [9.17, 15) is 0 Å². The van der Waals surface area contributed by atoms with Crippen molar-refractivity contribution in [1.82, 2.24) is 0 Å². The lowest BCUT2D eigenvalue weighted by atomic mass is 9.86. The molecule has 0 saturated heterocycles. The molecule has 0 N–H and O–H groups in total. The zero-order valence-corrected chi connectivity index (χ0v) is 13.4. The summed E-state index contributed by atoms with van der Waals surface area (Å²) in [5.74, 6) is 0.879. The number of hydrogen-bond acceptors (Lipinski definition) is 1. The molecule has 0 bridgehead atoms. The van der Waals surface area contributed by atoms with Gasteiger partial charge in [-0.15, -0.1) is 0 Å². The molecule has 0 saturated carbocycles. The molecule has 0 aliphatic rings. The summed E-state index contributed by atoms with van der Waals surface area (Å²) in [5.41, 5.74) is 3.83. The normalized spacial score (nSPS) is 11.4. The van der Waals surface area contributed by atoms with Crippen LogP contribution in [0.5, 0.6) is 5.75 Å². The Hall–Kier alpha value is -1.28. The molecule has 100 valence electrons. The van der Waals surface area contributed by atoms with Gasteiger partial charge in [0.2, 0.25) is 0 Å². The Morgan fingerprint density at radius 3 is 2.32 bits per heavy atom. The van der Waals surface area contributed by atoms with Crippen molar-refractivity contribution in [3.8, 4) is 16.9 Å². The number of hydrogen-bond donors (Lipinski definition) is 0. The summed E-state index contributed by atoms with van der Waals surface area (Å²) in [6, 6.07) is 14.7. The monoisotopic (exact) mass is 318 g/mol. The first-order chi connectivity index (χ1) is 8.91. The summed E-state index contributed by atoms with van der Waals surface area (Å²) >= 11 is 3.68. The molecule has 0 aliphatic heterocycles. The third kappa shape index (κ3) is 3.19. The topological polar surface area (TPSA) is 9.23 Å². The van der Waals surface area contributed by atoms with Crippen molar-refractivity contribution < 1.29 is 4.74 Å². The minimum Gasteiger partial charge on any atom is -0.497 e. The first-order valence-electron chi connectivity index (χ1n) is 6.36. The number of rotatable bonds is 2. The lowest BCUT2D eigenvalue weighted by Gasteiger charge is -2.20. The van der Waals surface area contributed by atoms with Crippen molar-refractivity contribution in [1.29, 1.82) is 0 Å². The second-order valence-electron chi connectivity index (χ2n) is 5.68. The third-order valence-electron chi connectivity index (χ3n) is 3.22. The number of halogens is 1. The van der Waals surface area contributed by atoms with Gasteiger partial charge in [0.25, 0.3) is 0 Å². The number of ether oxygens (including phenoxy) is 1. The second-order valence-corrected chi connectivity index (χ2v) is 6.53. The van der Waals surface area contributed by atoms with Crippen LogP contribution in [0.2, 0.25) is 0 Å². The molecule has 0 aliphatic carbocycles. The van der Waals surface area contributed by atoms with Gasteiger partial charge in [0.1, 0.15) is 5.75 Å². The van der Waals surface area contributed by atoms with Crippen molar-refractivity contribution in [2.24, 2.45) is 0 Å². The zero-order chi connectivity index (χ0) is 14.0. The fourth-order valence-electron chi connectivity index (χ4n) is 2.01. The van der Waals surface area contributed by atoms with E-state index in [1.165, 1.54) is 11.1 Å². The van der Waals surface area contributed by atoms with Gasteiger partial charge in [-0.1, -0.05) is 61.0 Å². The van der Waals surface area contributed by atoms with Crippen LogP contribution in [0.1, 0.15) is 26.3 Å². The Kier molecular flexibility index (Phi) is 4.00. The maximum Gasteiger partial charge on any atom is 0.119 e. The van der Waals surface area contributed by atoms with Crippen LogP contribution in [0.25, 0.3) is 11.1 Å². The van der Waals surface area contributed by atoms with E-state index >= 15 is 0 Å². The van der Waals surface area contributed by atoms with Crippen LogP contribution in [0, 0.1) is 0 Å². The van der Waals surface area contributed by atoms with Gasteiger partial charge in [0.05, 0.1) is 7.11 Å². The summed E-state index contributed by atoms with van der Waals surface area (Å²) in [7, 11) is 1.69. The van der Waals surface area contributed by atoms with E-state index in [2.05, 4.69) is 67.0 Å². The maximum atomic E-state index is 5.28. The molecule has 0 amide bonds. The Labute approximate surface area is 123 Å². The summed E-state index contributed by atoms with van der Waals surface area (Å²) in [4.78, 5) is 0. The van der Waals surface area contributed by atoms with E-state index in [1.807, 2.05) is 12.1 Å². The summed E-state index contributed by atoms with van der Waals surface area (Å²) in [6.45, 7) is 6.67.